The van der Waals surface area contributed by atoms with Crippen molar-refractivity contribution < 1.29 is 72.9 Å². The Bertz CT molecular complexity index is 897. The van der Waals surface area contributed by atoms with E-state index < -0.39 is 39.7 Å². The van der Waals surface area contributed by atoms with Gasteiger partial charge in [0.1, 0.15) is 0 Å². The van der Waals surface area contributed by atoms with Gasteiger partial charge in [0.25, 0.3) is 10.1 Å². The Kier molecular flexibility index (Phi) is 46.1. The summed E-state index contributed by atoms with van der Waals surface area (Å²) in [7, 11) is -4.76. The van der Waals surface area contributed by atoms with E-state index in [0.29, 0.717) is 6.42 Å². The SMILES string of the molecule is CCCCC(CC)COC(=O)CC(C(=O)OCC(CC)CCCC)S(=O)(=O)O.CCCCCCCCCCCCCCCCCC(=O)O.[H-].[Na+].[PbH2]. The van der Waals surface area contributed by atoms with Gasteiger partial charge in [0.15, 0.2) is 5.25 Å². The van der Waals surface area contributed by atoms with Crippen molar-refractivity contribution in [3.05, 3.63) is 0 Å². The third-order valence-electron chi connectivity index (χ3n) is 9.00. The summed E-state index contributed by atoms with van der Waals surface area (Å²) in [5.41, 5.74) is 0. The molecule has 0 spiro atoms. The summed E-state index contributed by atoms with van der Waals surface area (Å²) in [6.45, 7) is 10.6. The van der Waals surface area contributed by atoms with Crippen LogP contribution in [0.4, 0.5) is 0 Å². The van der Waals surface area contributed by atoms with E-state index in [1.165, 1.54) is 83.5 Å². The zero-order chi connectivity index (χ0) is 36.5. The van der Waals surface area contributed by atoms with Crippen molar-refractivity contribution >= 4 is 55.3 Å². The number of unbranched alkanes of at least 4 members (excludes halogenated alkanes) is 16. The monoisotopic (exact) mass is 940 g/mol. The third kappa shape index (κ3) is 38.0. The number of esters is 2. The van der Waals surface area contributed by atoms with Gasteiger partial charge in [-0.3, -0.25) is 18.9 Å². The molecule has 0 rings (SSSR count). The molecule has 0 aliphatic heterocycles. The summed E-state index contributed by atoms with van der Waals surface area (Å²) in [4.78, 5) is 34.5. The molecule has 0 fully saturated rings. The van der Waals surface area contributed by atoms with Crippen LogP contribution in [0, 0.1) is 11.8 Å². The maximum atomic E-state index is 12.2. The summed E-state index contributed by atoms with van der Waals surface area (Å²) < 4.78 is 42.8. The average Bonchev–Trinajstić information content (AvgIpc) is 3.05. The van der Waals surface area contributed by atoms with E-state index in [2.05, 4.69) is 20.8 Å². The third-order valence-corrected chi connectivity index (χ3v) is 10.1. The predicted octanol–water partition coefficient (Wildman–Crippen LogP) is 6.68. The van der Waals surface area contributed by atoms with Crippen LogP contribution in [0.5, 0.6) is 0 Å². The number of carboxylic acid groups (broad SMARTS) is 1. The fraction of sp³-hybridized carbons (Fsp3) is 0.921. The van der Waals surface area contributed by atoms with Crippen molar-refractivity contribution in [3.8, 4) is 0 Å². The second kappa shape index (κ2) is 40.4. The minimum atomic E-state index is -4.76. The van der Waals surface area contributed by atoms with Crippen molar-refractivity contribution in [2.45, 2.75) is 200 Å². The molecule has 2 N–H and O–H groups in total. The van der Waals surface area contributed by atoms with Crippen LogP contribution in [0.25, 0.3) is 0 Å². The van der Waals surface area contributed by atoms with Crippen LogP contribution in [-0.2, 0) is 34.0 Å². The molecule has 3 atom stereocenters. The number of ether oxygens (including phenoxy) is 2. The molecule has 2 radical (unpaired) electrons. The van der Waals surface area contributed by atoms with Gasteiger partial charge >= 0.3 is 74.8 Å². The number of hydrogen-bond acceptors (Lipinski definition) is 7. The molecule has 0 aliphatic rings. The molecule has 0 saturated carbocycles. The van der Waals surface area contributed by atoms with Gasteiger partial charge in [0.05, 0.1) is 19.6 Å². The van der Waals surface area contributed by atoms with Gasteiger partial charge < -0.3 is 16.0 Å². The molecular formula is C38H77NaO9PbS. The molecule has 0 aromatic rings. The average molecular weight is 940 g/mol. The van der Waals surface area contributed by atoms with E-state index in [4.69, 9.17) is 14.6 Å². The normalized spacial score (nSPS) is 12.7. The van der Waals surface area contributed by atoms with Crippen LogP contribution in [0.1, 0.15) is 197 Å². The molecule has 0 aromatic carbocycles. The molecule has 0 aromatic heterocycles. The Morgan fingerprint density at radius 2 is 0.960 bits per heavy atom. The number of aliphatic carboxylic acids is 1. The molecule has 3 unspecified atom stereocenters. The summed E-state index contributed by atoms with van der Waals surface area (Å²) in [6, 6.07) is 0. The fourth-order valence-electron chi connectivity index (χ4n) is 5.47. The molecule has 0 aliphatic carbocycles. The Morgan fingerprint density at radius 3 is 1.30 bits per heavy atom. The van der Waals surface area contributed by atoms with Crippen LogP contribution in [0.3, 0.4) is 0 Å². The van der Waals surface area contributed by atoms with Gasteiger partial charge in [-0.05, 0) is 31.1 Å². The van der Waals surface area contributed by atoms with Gasteiger partial charge in [-0.2, -0.15) is 8.42 Å². The molecule has 12 heteroatoms. The Balaban J connectivity index is -0.000000274. The zero-order valence-corrected chi connectivity index (χ0v) is 41.5. The van der Waals surface area contributed by atoms with E-state index in [0.717, 1.165) is 64.2 Å². The Labute approximate surface area is 351 Å². The molecule has 9 nitrogen and oxygen atoms in total. The van der Waals surface area contributed by atoms with Crippen LogP contribution >= 0.6 is 0 Å². The van der Waals surface area contributed by atoms with Gasteiger partial charge in [-0.15, -0.1) is 0 Å². The molecule has 0 heterocycles. The number of carbonyl (C=O) groups excluding carboxylic acids is 2. The van der Waals surface area contributed by atoms with E-state index in [-0.39, 0.29) is 83.3 Å². The Morgan fingerprint density at radius 1 is 0.600 bits per heavy atom. The molecular weight excluding hydrogens is 863 g/mol. The van der Waals surface area contributed by atoms with Crippen LogP contribution in [0.2, 0.25) is 0 Å². The topological polar surface area (TPSA) is 144 Å². The van der Waals surface area contributed by atoms with Crippen LogP contribution in [0.15, 0.2) is 0 Å². The number of carboxylic acids is 1. The fourth-order valence-corrected chi connectivity index (χ4v) is 6.13. The molecule has 0 saturated heterocycles. The standard InChI is InChI=1S/C20H38O7S.C18H36O2.Na.Pb.3H/c1-5-9-11-16(7-3)14-26-19(21)13-18(28(23,24)25)20(22)27-15-17(8-4)12-10-6-2;1-2-3-4-5-6-7-8-9-10-11-12-13-14-15-16-17-18(19)20;;;;;/h16-18H,5-15H2,1-4H3,(H,23,24,25);2-17H2,1H3,(H,19,20);;;;;/q;;+1;;;;-1. The van der Waals surface area contributed by atoms with E-state index >= 15 is 0 Å². The number of rotatable bonds is 32. The first-order valence-electron chi connectivity index (χ1n) is 19.5. The van der Waals surface area contributed by atoms with Gasteiger partial charge in [0.2, 0.25) is 0 Å². The van der Waals surface area contributed by atoms with Crippen molar-refractivity contribution in [1.82, 2.24) is 0 Å². The van der Waals surface area contributed by atoms with E-state index in [1.807, 2.05) is 13.8 Å². The summed E-state index contributed by atoms with van der Waals surface area (Å²) >= 11 is 0. The van der Waals surface area contributed by atoms with Gasteiger partial charge in [-0.25, -0.2) is 0 Å². The molecule has 294 valence electrons. The van der Waals surface area contributed by atoms with Crippen molar-refractivity contribution in [3.63, 3.8) is 0 Å². The van der Waals surface area contributed by atoms with Gasteiger partial charge in [-0.1, -0.05) is 163 Å². The minimum absolute atomic E-state index is 0. The van der Waals surface area contributed by atoms with Crippen LogP contribution < -0.4 is 29.6 Å². The number of hydrogen-bond donors (Lipinski definition) is 2. The summed E-state index contributed by atoms with van der Waals surface area (Å²) in [6.07, 6.45) is 26.9. The number of carbonyl (C=O) groups is 3. The molecule has 0 bridgehead atoms. The first kappa shape index (κ1) is 57.0. The maximum absolute atomic E-state index is 12.2. The van der Waals surface area contributed by atoms with Crippen molar-refractivity contribution in [2.75, 3.05) is 13.2 Å². The summed E-state index contributed by atoms with van der Waals surface area (Å²) in [5.74, 6) is -2.26. The second-order valence-electron chi connectivity index (χ2n) is 13.4. The Hall–Kier alpha value is 0.242. The van der Waals surface area contributed by atoms with E-state index in [9.17, 15) is 27.4 Å². The predicted molar refractivity (Wildman–Crippen MR) is 205 cm³/mol. The van der Waals surface area contributed by atoms with E-state index in [1.54, 1.807) is 0 Å². The second-order valence-corrected chi connectivity index (χ2v) is 15.0. The van der Waals surface area contributed by atoms with Gasteiger partial charge in [0, 0.05) is 6.42 Å². The zero-order valence-electron chi connectivity index (χ0n) is 34.2. The van der Waals surface area contributed by atoms with Crippen molar-refractivity contribution in [1.29, 1.82) is 0 Å². The quantitative estimate of drug-likeness (QED) is 0.0327. The first-order chi connectivity index (χ1) is 23.0. The van der Waals surface area contributed by atoms with Crippen molar-refractivity contribution in [2.24, 2.45) is 11.8 Å². The first-order valence-corrected chi connectivity index (χ1v) is 21.0. The van der Waals surface area contributed by atoms with Crippen LogP contribution in [-0.4, -0.2) is 81.7 Å². The summed E-state index contributed by atoms with van der Waals surface area (Å²) in [5, 5.41) is 6.57. The molecule has 50 heavy (non-hydrogen) atoms. The molecule has 0 amide bonds.